The number of nitrogens with zero attached hydrogens (tertiary/aromatic N) is 1. The molecule has 0 atom stereocenters. The number of anilines is 1. The highest BCUT2D eigenvalue weighted by atomic mass is 16.5. The van der Waals surface area contributed by atoms with Gasteiger partial charge in [0.15, 0.2) is 0 Å². The quantitative estimate of drug-likeness (QED) is 0.538. The number of aromatic nitrogens is 1. The van der Waals surface area contributed by atoms with E-state index in [9.17, 15) is 4.79 Å². The van der Waals surface area contributed by atoms with Crippen molar-refractivity contribution in [2.24, 2.45) is 0 Å². The van der Waals surface area contributed by atoms with Crippen molar-refractivity contribution >= 4 is 11.7 Å². The van der Waals surface area contributed by atoms with Gasteiger partial charge in [-0.15, -0.1) is 0 Å². The molecule has 0 saturated heterocycles. The molecule has 3 N–H and O–H groups in total. The third-order valence-corrected chi connectivity index (χ3v) is 4.39. The van der Waals surface area contributed by atoms with Gasteiger partial charge in [0.1, 0.15) is 11.6 Å². The lowest BCUT2D eigenvalue weighted by molar-refractivity contribution is 0.0951. The third-order valence-electron chi connectivity index (χ3n) is 4.39. The second-order valence-corrected chi connectivity index (χ2v) is 6.76. The Bertz CT molecular complexity index is 750. The summed E-state index contributed by atoms with van der Waals surface area (Å²) < 4.78 is 10.8. The largest absolute Gasteiger partial charge is 0.494 e. The first kappa shape index (κ1) is 21.7. The summed E-state index contributed by atoms with van der Waals surface area (Å²) in [4.78, 5) is 16.6. The van der Waals surface area contributed by atoms with E-state index >= 15 is 0 Å². The Labute approximate surface area is 167 Å². The number of benzene rings is 1. The molecule has 6 nitrogen and oxygen atoms in total. The molecule has 0 aliphatic heterocycles. The van der Waals surface area contributed by atoms with E-state index in [1.807, 2.05) is 24.3 Å². The van der Waals surface area contributed by atoms with Gasteiger partial charge in [-0.25, -0.2) is 4.98 Å². The predicted octanol–water partition coefficient (Wildman–Crippen LogP) is 4.09. The highest BCUT2D eigenvalue weighted by Crippen LogP contribution is 2.15. The first-order valence-electron chi connectivity index (χ1n) is 9.88. The second kappa shape index (κ2) is 12.0. The van der Waals surface area contributed by atoms with Gasteiger partial charge in [0.25, 0.3) is 5.91 Å². The summed E-state index contributed by atoms with van der Waals surface area (Å²) in [7, 11) is 1.59. The molecule has 0 spiro atoms. The van der Waals surface area contributed by atoms with Crippen LogP contribution in [0.15, 0.2) is 36.4 Å². The molecule has 1 heterocycles. The summed E-state index contributed by atoms with van der Waals surface area (Å²) in [5, 5.41) is 2.88. The number of amides is 1. The monoisotopic (exact) mass is 385 g/mol. The maximum Gasteiger partial charge on any atom is 0.255 e. The lowest BCUT2D eigenvalue weighted by atomic mass is 10.1. The van der Waals surface area contributed by atoms with Gasteiger partial charge in [-0.3, -0.25) is 4.79 Å². The maximum absolute atomic E-state index is 12.4. The van der Waals surface area contributed by atoms with Crippen LogP contribution in [0.1, 0.15) is 60.6 Å². The molecule has 0 aliphatic rings. The van der Waals surface area contributed by atoms with E-state index < -0.39 is 0 Å². The number of carbonyl (C=O) groups excluding carboxylic acids is 1. The summed E-state index contributed by atoms with van der Waals surface area (Å²) in [6.07, 6.45) is 6.04. The van der Waals surface area contributed by atoms with Crippen LogP contribution in [0.2, 0.25) is 0 Å². The molecule has 152 valence electrons. The fraction of sp³-hybridized carbons (Fsp3) is 0.455. The third kappa shape index (κ3) is 7.19. The number of nitrogens with one attached hydrogen (secondary N) is 1. The molecule has 0 radical (unpaired) electrons. The number of carbonyl (C=O) groups is 1. The van der Waals surface area contributed by atoms with Gasteiger partial charge in [-0.2, -0.15) is 0 Å². The first-order chi connectivity index (χ1) is 13.6. The number of rotatable bonds is 12. The Hall–Kier alpha value is -2.60. The number of unbranched alkanes of at least 4 members (excludes halogenated alkanes) is 4. The van der Waals surface area contributed by atoms with Crippen LogP contribution >= 0.6 is 0 Å². The van der Waals surface area contributed by atoms with Crippen LogP contribution in [0.5, 0.6) is 5.75 Å². The number of hydrogen-bond donors (Lipinski definition) is 2. The fourth-order valence-corrected chi connectivity index (χ4v) is 2.86. The molecular weight excluding hydrogens is 354 g/mol. The number of nitrogen functional groups attached to an aromatic ring is 1. The minimum Gasteiger partial charge on any atom is -0.494 e. The van der Waals surface area contributed by atoms with Crippen LogP contribution in [0.3, 0.4) is 0 Å². The van der Waals surface area contributed by atoms with Gasteiger partial charge in [0, 0.05) is 13.7 Å². The Morgan fingerprint density at radius 3 is 2.71 bits per heavy atom. The van der Waals surface area contributed by atoms with Crippen molar-refractivity contribution in [2.45, 2.75) is 52.2 Å². The Morgan fingerprint density at radius 2 is 1.96 bits per heavy atom. The van der Waals surface area contributed by atoms with Gasteiger partial charge in [0.2, 0.25) is 0 Å². The van der Waals surface area contributed by atoms with Crippen molar-refractivity contribution < 1.29 is 14.3 Å². The van der Waals surface area contributed by atoms with Crippen molar-refractivity contribution in [1.29, 1.82) is 0 Å². The van der Waals surface area contributed by atoms with Gasteiger partial charge in [-0.05, 0) is 36.2 Å². The highest BCUT2D eigenvalue weighted by molar-refractivity contribution is 5.98. The van der Waals surface area contributed by atoms with Crippen molar-refractivity contribution in [3.05, 3.63) is 53.2 Å². The van der Waals surface area contributed by atoms with E-state index in [2.05, 4.69) is 17.2 Å². The van der Waals surface area contributed by atoms with Gasteiger partial charge in [0.05, 0.1) is 24.5 Å². The summed E-state index contributed by atoms with van der Waals surface area (Å²) >= 11 is 0. The number of nitrogens with two attached hydrogens (primary N) is 1. The van der Waals surface area contributed by atoms with Crippen molar-refractivity contribution in [3.8, 4) is 5.75 Å². The number of pyridine rings is 1. The number of methoxy groups -OCH3 is 1. The van der Waals surface area contributed by atoms with E-state index in [4.69, 9.17) is 15.2 Å². The van der Waals surface area contributed by atoms with Crippen LogP contribution in [-0.2, 0) is 17.9 Å². The maximum atomic E-state index is 12.4. The molecular formula is C22H31N3O3. The summed E-state index contributed by atoms with van der Waals surface area (Å²) in [6, 6.07) is 11.2. The molecule has 6 heteroatoms. The number of ether oxygens (including phenoxy) is 2. The average molecular weight is 386 g/mol. The minimum absolute atomic E-state index is 0.201. The molecule has 0 saturated carbocycles. The van der Waals surface area contributed by atoms with Gasteiger partial charge < -0.3 is 20.5 Å². The van der Waals surface area contributed by atoms with Crippen molar-refractivity contribution in [1.82, 2.24) is 10.3 Å². The molecule has 2 rings (SSSR count). The zero-order valence-corrected chi connectivity index (χ0v) is 16.9. The topological polar surface area (TPSA) is 86.5 Å². The molecule has 1 aromatic carbocycles. The van der Waals surface area contributed by atoms with Gasteiger partial charge >= 0.3 is 0 Å². The van der Waals surface area contributed by atoms with E-state index in [0.717, 1.165) is 24.3 Å². The Morgan fingerprint density at radius 1 is 1.14 bits per heavy atom. The van der Waals surface area contributed by atoms with Crippen LogP contribution < -0.4 is 15.8 Å². The molecule has 2 aromatic rings. The zero-order valence-electron chi connectivity index (χ0n) is 16.9. The minimum atomic E-state index is -0.254. The second-order valence-electron chi connectivity index (χ2n) is 6.76. The molecule has 0 fully saturated rings. The van der Waals surface area contributed by atoms with Crippen molar-refractivity contribution in [3.63, 3.8) is 0 Å². The summed E-state index contributed by atoms with van der Waals surface area (Å²) in [5.41, 5.74) is 7.92. The smallest absolute Gasteiger partial charge is 0.255 e. The number of hydrogen-bond acceptors (Lipinski definition) is 5. The lowest BCUT2D eigenvalue weighted by Crippen LogP contribution is -2.24. The fourth-order valence-electron chi connectivity index (χ4n) is 2.86. The molecule has 28 heavy (non-hydrogen) atoms. The SMILES string of the molecule is CCCCCCCOc1cccc(CNC(=O)c2ccc(COC)nc2N)c1. The predicted molar refractivity (Wildman–Crippen MR) is 111 cm³/mol. The Kier molecular flexibility index (Phi) is 9.28. The van der Waals surface area contributed by atoms with Crippen molar-refractivity contribution in [2.75, 3.05) is 19.5 Å². The zero-order chi connectivity index (χ0) is 20.2. The highest BCUT2D eigenvalue weighted by Gasteiger charge is 2.11. The summed E-state index contributed by atoms with van der Waals surface area (Å²) in [5.74, 6) is 0.774. The lowest BCUT2D eigenvalue weighted by Gasteiger charge is -2.10. The molecule has 0 bridgehead atoms. The standard InChI is InChI=1S/C22H31N3O3/c1-3-4-5-6-7-13-28-19-10-8-9-17(14-19)15-24-22(26)20-12-11-18(16-27-2)25-21(20)23/h8-12,14H,3-7,13,15-16H2,1-2H3,(H2,23,25)(H,24,26). The molecule has 1 amide bonds. The molecule has 0 unspecified atom stereocenters. The van der Waals surface area contributed by atoms with Crippen LogP contribution in [-0.4, -0.2) is 24.6 Å². The molecule has 0 aliphatic carbocycles. The normalized spacial score (nSPS) is 10.6. The Balaban J connectivity index is 1.83. The van der Waals surface area contributed by atoms with Crippen LogP contribution in [0.4, 0.5) is 5.82 Å². The van der Waals surface area contributed by atoms with E-state index in [-0.39, 0.29) is 11.7 Å². The average Bonchev–Trinajstić information content (AvgIpc) is 2.69. The molecule has 1 aromatic heterocycles. The van der Waals surface area contributed by atoms with Gasteiger partial charge in [-0.1, -0.05) is 44.7 Å². The first-order valence-corrected chi connectivity index (χ1v) is 9.88. The van der Waals surface area contributed by atoms with E-state index in [1.54, 1.807) is 19.2 Å². The van der Waals surface area contributed by atoms with E-state index in [0.29, 0.717) is 24.4 Å². The van der Waals surface area contributed by atoms with Crippen LogP contribution in [0, 0.1) is 0 Å². The summed E-state index contributed by atoms with van der Waals surface area (Å²) in [6.45, 7) is 3.68. The van der Waals surface area contributed by atoms with Crippen LogP contribution in [0.25, 0.3) is 0 Å². The van der Waals surface area contributed by atoms with E-state index in [1.165, 1.54) is 25.7 Å².